The van der Waals surface area contributed by atoms with E-state index in [0.29, 0.717) is 6.42 Å². The molecule has 1 aromatic carbocycles. The molecule has 0 unspecified atom stereocenters. The maximum atomic E-state index is 11.1. The molecule has 0 aromatic heterocycles. The van der Waals surface area contributed by atoms with E-state index in [1.165, 1.54) is 0 Å². The molecule has 14 heavy (non-hydrogen) atoms. The first-order valence-corrected chi connectivity index (χ1v) is 5.01. The van der Waals surface area contributed by atoms with Crippen LogP contribution in [0.2, 0.25) is 0 Å². The van der Waals surface area contributed by atoms with Gasteiger partial charge in [0.25, 0.3) is 0 Å². The van der Waals surface area contributed by atoms with Crippen LogP contribution in [0.4, 0.5) is 0 Å². The Hall–Kier alpha value is -0.870. The molecule has 76 valence electrons. The van der Waals surface area contributed by atoms with E-state index in [1.54, 1.807) is 7.11 Å². The maximum absolute atomic E-state index is 11.1. The summed E-state index contributed by atoms with van der Waals surface area (Å²) in [5.74, 6) is 0.752. The molecule has 0 fully saturated rings. The molecule has 0 amide bonds. The van der Waals surface area contributed by atoms with Gasteiger partial charge in [0.15, 0.2) is 5.78 Å². The molecule has 0 saturated heterocycles. The lowest BCUT2D eigenvalue weighted by Crippen LogP contribution is -2.15. The summed E-state index contributed by atoms with van der Waals surface area (Å²) < 4.78 is 5.99. The molecule has 0 atom stereocenters. The van der Waals surface area contributed by atoms with Crippen molar-refractivity contribution >= 4 is 21.7 Å². The fraction of sp³-hybridized carbons (Fsp3) is 0.300. The van der Waals surface area contributed by atoms with Gasteiger partial charge in [0.05, 0.1) is 18.1 Å². The third-order valence-electron chi connectivity index (χ3n) is 1.84. The van der Waals surface area contributed by atoms with E-state index in [2.05, 4.69) is 15.9 Å². The highest BCUT2D eigenvalue weighted by molar-refractivity contribution is 9.10. The van der Waals surface area contributed by atoms with Gasteiger partial charge in [-0.2, -0.15) is 0 Å². The maximum Gasteiger partial charge on any atom is 0.150 e. The summed E-state index contributed by atoms with van der Waals surface area (Å²) in [5, 5.41) is 0. The number of hydrogen-bond acceptors (Lipinski definition) is 3. The molecule has 0 radical (unpaired) electrons. The Labute approximate surface area is 91.4 Å². The van der Waals surface area contributed by atoms with Gasteiger partial charge in [-0.3, -0.25) is 4.79 Å². The highest BCUT2D eigenvalue weighted by atomic mass is 79.9. The summed E-state index contributed by atoms with van der Waals surface area (Å²) in [4.78, 5) is 11.1. The fourth-order valence-electron chi connectivity index (χ4n) is 1.11. The number of halogens is 1. The van der Waals surface area contributed by atoms with Crippen molar-refractivity contribution in [3.05, 3.63) is 28.2 Å². The topological polar surface area (TPSA) is 52.3 Å². The smallest absolute Gasteiger partial charge is 0.150 e. The third kappa shape index (κ3) is 2.82. The predicted octanol–water partition coefficient (Wildman–Crippen LogP) is 1.53. The van der Waals surface area contributed by atoms with E-state index in [-0.39, 0.29) is 12.3 Å². The molecule has 1 rings (SSSR count). The van der Waals surface area contributed by atoms with Crippen molar-refractivity contribution in [2.75, 3.05) is 13.7 Å². The Morgan fingerprint density at radius 3 is 2.86 bits per heavy atom. The van der Waals surface area contributed by atoms with Gasteiger partial charge in [-0.25, -0.2) is 0 Å². The van der Waals surface area contributed by atoms with Crippen molar-refractivity contribution in [1.29, 1.82) is 0 Å². The highest BCUT2D eigenvalue weighted by Crippen LogP contribution is 2.25. The zero-order chi connectivity index (χ0) is 10.6. The molecule has 4 heteroatoms. The molecule has 3 nitrogen and oxygen atoms in total. The number of carbonyl (C=O) groups excluding carboxylic acids is 1. The molecule has 0 aliphatic rings. The van der Waals surface area contributed by atoms with Gasteiger partial charge >= 0.3 is 0 Å². The summed E-state index contributed by atoms with van der Waals surface area (Å²) in [5.41, 5.74) is 6.15. The lowest BCUT2D eigenvalue weighted by molar-refractivity contribution is -0.117. The number of ether oxygens (including phenoxy) is 1. The number of rotatable bonds is 4. The van der Waals surface area contributed by atoms with Crippen LogP contribution in [0.15, 0.2) is 22.7 Å². The van der Waals surface area contributed by atoms with E-state index in [4.69, 9.17) is 10.5 Å². The molecule has 0 spiro atoms. The Balaban J connectivity index is 2.84. The molecule has 0 bridgehead atoms. The highest BCUT2D eigenvalue weighted by Gasteiger charge is 2.04. The standard InChI is InChI=1S/C10H12BrNO2/c1-14-10-5-7(2-3-9(10)11)4-8(13)6-12/h2-3,5H,4,6,12H2,1H3. The van der Waals surface area contributed by atoms with Gasteiger partial charge in [-0.05, 0) is 33.6 Å². The predicted molar refractivity (Wildman–Crippen MR) is 58.5 cm³/mol. The zero-order valence-corrected chi connectivity index (χ0v) is 9.50. The Morgan fingerprint density at radius 1 is 1.57 bits per heavy atom. The van der Waals surface area contributed by atoms with Crippen molar-refractivity contribution in [1.82, 2.24) is 0 Å². The Bertz CT molecular complexity index is 339. The van der Waals surface area contributed by atoms with Crippen molar-refractivity contribution in [2.45, 2.75) is 6.42 Å². The number of carbonyl (C=O) groups is 1. The normalized spacial score (nSPS) is 9.93. The van der Waals surface area contributed by atoms with Crippen molar-refractivity contribution in [2.24, 2.45) is 5.73 Å². The second-order valence-corrected chi connectivity index (χ2v) is 3.74. The number of nitrogens with two attached hydrogens (primary N) is 1. The lowest BCUT2D eigenvalue weighted by Gasteiger charge is -2.05. The number of Topliss-reactive ketones (excluding diaryl/α,β-unsaturated/α-hetero) is 1. The molecular weight excluding hydrogens is 246 g/mol. The Kier molecular flexibility index (Phi) is 4.10. The van der Waals surface area contributed by atoms with E-state index in [0.717, 1.165) is 15.8 Å². The summed E-state index contributed by atoms with van der Waals surface area (Å²) >= 11 is 3.34. The summed E-state index contributed by atoms with van der Waals surface area (Å²) in [6.45, 7) is 0.0817. The zero-order valence-electron chi connectivity index (χ0n) is 7.92. The lowest BCUT2D eigenvalue weighted by atomic mass is 10.1. The average molecular weight is 258 g/mol. The third-order valence-corrected chi connectivity index (χ3v) is 2.50. The van der Waals surface area contributed by atoms with Gasteiger partial charge < -0.3 is 10.5 Å². The number of hydrogen-bond donors (Lipinski definition) is 1. The number of benzene rings is 1. The summed E-state index contributed by atoms with van der Waals surface area (Å²) in [7, 11) is 1.59. The first kappa shape index (κ1) is 11.2. The van der Waals surface area contributed by atoms with Crippen LogP contribution in [0.1, 0.15) is 5.56 Å². The fourth-order valence-corrected chi connectivity index (χ4v) is 1.52. The van der Waals surface area contributed by atoms with Gasteiger partial charge in [-0.1, -0.05) is 6.07 Å². The minimum absolute atomic E-state index is 0.0226. The molecule has 0 saturated carbocycles. The van der Waals surface area contributed by atoms with Crippen molar-refractivity contribution in [3.8, 4) is 5.75 Å². The monoisotopic (exact) mass is 257 g/mol. The van der Waals surface area contributed by atoms with Crippen molar-refractivity contribution < 1.29 is 9.53 Å². The average Bonchev–Trinajstić information content (AvgIpc) is 2.20. The van der Waals surface area contributed by atoms with Crippen LogP contribution in [0, 0.1) is 0 Å². The molecule has 0 heterocycles. The quantitative estimate of drug-likeness (QED) is 0.890. The van der Waals surface area contributed by atoms with E-state index in [9.17, 15) is 4.79 Å². The van der Waals surface area contributed by atoms with Gasteiger partial charge in [0.1, 0.15) is 5.75 Å². The SMILES string of the molecule is COc1cc(CC(=O)CN)ccc1Br. The van der Waals surface area contributed by atoms with Crippen LogP contribution in [0.3, 0.4) is 0 Å². The first-order chi connectivity index (χ1) is 6.67. The largest absolute Gasteiger partial charge is 0.496 e. The van der Waals surface area contributed by atoms with Crippen LogP contribution in [-0.2, 0) is 11.2 Å². The minimum atomic E-state index is 0.0226. The molecule has 2 N–H and O–H groups in total. The van der Waals surface area contributed by atoms with E-state index >= 15 is 0 Å². The van der Waals surface area contributed by atoms with Crippen LogP contribution >= 0.6 is 15.9 Å². The van der Waals surface area contributed by atoms with Crippen LogP contribution < -0.4 is 10.5 Å². The molecular formula is C10H12BrNO2. The minimum Gasteiger partial charge on any atom is -0.496 e. The van der Waals surface area contributed by atoms with Gasteiger partial charge in [0, 0.05) is 6.42 Å². The van der Waals surface area contributed by atoms with Crippen LogP contribution in [0.5, 0.6) is 5.75 Å². The van der Waals surface area contributed by atoms with Gasteiger partial charge in [-0.15, -0.1) is 0 Å². The molecule has 1 aromatic rings. The summed E-state index contributed by atoms with van der Waals surface area (Å²) in [6, 6.07) is 5.57. The summed E-state index contributed by atoms with van der Waals surface area (Å²) in [6.07, 6.45) is 0.361. The second-order valence-electron chi connectivity index (χ2n) is 2.89. The van der Waals surface area contributed by atoms with E-state index < -0.39 is 0 Å². The number of methoxy groups -OCH3 is 1. The van der Waals surface area contributed by atoms with Crippen LogP contribution in [-0.4, -0.2) is 19.4 Å². The van der Waals surface area contributed by atoms with E-state index in [1.807, 2.05) is 18.2 Å². The first-order valence-electron chi connectivity index (χ1n) is 4.21. The molecule has 0 aliphatic heterocycles. The second kappa shape index (κ2) is 5.12. The number of ketones is 1. The van der Waals surface area contributed by atoms with Crippen molar-refractivity contribution in [3.63, 3.8) is 0 Å². The van der Waals surface area contributed by atoms with Crippen LogP contribution in [0.25, 0.3) is 0 Å². The molecule has 0 aliphatic carbocycles. The van der Waals surface area contributed by atoms with Gasteiger partial charge in [0.2, 0.25) is 0 Å². The Morgan fingerprint density at radius 2 is 2.29 bits per heavy atom.